The van der Waals surface area contributed by atoms with Crippen molar-refractivity contribution in [2.45, 2.75) is 95.5 Å². The minimum absolute atomic E-state index is 0.709. The summed E-state index contributed by atoms with van der Waals surface area (Å²) >= 11 is 0. The zero-order valence-electron chi connectivity index (χ0n) is 13.8. The van der Waals surface area contributed by atoms with Crippen LogP contribution in [0.5, 0.6) is 0 Å². The SMILES string of the molecule is CCCCCCCCC=CCCCCCC12OC1(C(=O)O)O2. The lowest BCUT2D eigenvalue weighted by atomic mass is 10.1. The highest BCUT2D eigenvalue weighted by atomic mass is 17.1. The molecule has 0 unspecified atom stereocenters. The van der Waals surface area contributed by atoms with E-state index in [9.17, 15) is 4.79 Å². The maximum absolute atomic E-state index is 10.8. The highest BCUT2D eigenvalue weighted by Crippen LogP contribution is 2.69. The normalized spacial score (nSPS) is 28.8. The molecular formula is C18H30O4. The van der Waals surface area contributed by atoms with Crippen LogP contribution in [0.4, 0.5) is 0 Å². The molecule has 2 fully saturated rings. The van der Waals surface area contributed by atoms with E-state index in [4.69, 9.17) is 14.6 Å². The highest BCUT2D eigenvalue weighted by molar-refractivity contribution is 5.84. The van der Waals surface area contributed by atoms with Crippen LogP contribution >= 0.6 is 0 Å². The Balaban J connectivity index is 1.34. The first-order chi connectivity index (χ1) is 10.7. The Kier molecular flexibility index (Phi) is 6.45. The summed E-state index contributed by atoms with van der Waals surface area (Å²) in [5.41, 5.74) is 0. The first kappa shape index (κ1) is 17.5. The van der Waals surface area contributed by atoms with Gasteiger partial charge in [0.2, 0.25) is 5.79 Å². The van der Waals surface area contributed by atoms with Gasteiger partial charge in [-0.05, 0) is 32.1 Å². The number of hydrogen-bond donors (Lipinski definition) is 1. The number of ether oxygens (including phenoxy) is 2. The van der Waals surface area contributed by atoms with E-state index < -0.39 is 17.5 Å². The molecule has 0 saturated carbocycles. The van der Waals surface area contributed by atoms with E-state index in [1.165, 1.54) is 44.9 Å². The largest absolute Gasteiger partial charge is 0.477 e. The quantitative estimate of drug-likeness (QED) is 0.285. The summed E-state index contributed by atoms with van der Waals surface area (Å²) in [6, 6.07) is 0. The summed E-state index contributed by atoms with van der Waals surface area (Å²) in [5.74, 6) is -2.97. The molecule has 2 aliphatic rings. The molecule has 2 aliphatic heterocycles. The Labute approximate surface area is 133 Å². The lowest BCUT2D eigenvalue weighted by Crippen LogP contribution is -2.13. The van der Waals surface area contributed by atoms with Gasteiger partial charge in [-0.15, -0.1) is 0 Å². The number of fused-ring (bicyclic) bond motifs is 1. The lowest BCUT2D eigenvalue weighted by Gasteiger charge is -2.00. The van der Waals surface area contributed by atoms with Gasteiger partial charge in [0.15, 0.2) is 0 Å². The van der Waals surface area contributed by atoms with Crippen molar-refractivity contribution in [3.05, 3.63) is 12.2 Å². The van der Waals surface area contributed by atoms with E-state index in [1.54, 1.807) is 0 Å². The van der Waals surface area contributed by atoms with Crippen molar-refractivity contribution in [2.24, 2.45) is 0 Å². The Morgan fingerprint density at radius 2 is 1.45 bits per heavy atom. The maximum Gasteiger partial charge on any atom is 0.370 e. The number of aliphatic carboxylic acids is 1. The number of carbonyl (C=O) groups is 1. The number of hydrogen-bond acceptors (Lipinski definition) is 3. The molecule has 4 nitrogen and oxygen atoms in total. The molecular weight excluding hydrogens is 280 g/mol. The zero-order chi connectivity index (χ0) is 15.9. The van der Waals surface area contributed by atoms with Crippen molar-refractivity contribution in [2.75, 3.05) is 0 Å². The highest BCUT2D eigenvalue weighted by Gasteiger charge is 2.95. The molecule has 22 heavy (non-hydrogen) atoms. The van der Waals surface area contributed by atoms with Crippen LogP contribution in [0.25, 0.3) is 0 Å². The molecule has 0 bridgehead atoms. The molecule has 0 aromatic carbocycles. The molecule has 0 aliphatic carbocycles. The molecule has 1 N–H and O–H groups in total. The van der Waals surface area contributed by atoms with Crippen LogP contribution in [-0.2, 0) is 14.3 Å². The van der Waals surface area contributed by atoms with Crippen LogP contribution in [0, 0.1) is 0 Å². The van der Waals surface area contributed by atoms with Crippen molar-refractivity contribution in [3.63, 3.8) is 0 Å². The second-order valence-corrected chi connectivity index (χ2v) is 6.51. The first-order valence-corrected chi connectivity index (χ1v) is 8.95. The number of allylic oxidation sites excluding steroid dienone is 2. The van der Waals surface area contributed by atoms with Crippen molar-refractivity contribution >= 4 is 5.97 Å². The Bertz CT molecular complexity index is 383. The van der Waals surface area contributed by atoms with Gasteiger partial charge in [-0.1, -0.05) is 57.6 Å². The topological polar surface area (TPSA) is 62.4 Å². The van der Waals surface area contributed by atoms with Crippen LogP contribution in [0.3, 0.4) is 0 Å². The fraction of sp³-hybridized carbons (Fsp3) is 0.833. The van der Waals surface area contributed by atoms with Crippen molar-refractivity contribution in [3.8, 4) is 0 Å². The summed E-state index contributed by atoms with van der Waals surface area (Å²) in [5, 5.41) is 8.86. The third-order valence-electron chi connectivity index (χ3n) is 4.58. The Morgan fingerprint density at radius 3 is 2.00 bits per heavy atom. The van der Waals surface area contributed by atoms with Crippen LogP contribution < -0.4 is 0 Å². The number of carboxylic acid groups (broad SMARTS) is 1. The minimum atomic E-state index is -1.25. The van der Waals surface area contributed by atoms with E-state index in [1.807, 2.05) is 0 Å². The molecule has 2 heterocycles. The van der Waals surface area contributed by atoms with Crippen molar-refractivity contribution in [1.29, 1.82) is 0 Å². The molecule has 0 aromatic heterocycles. The predicted molar refractivity (Wildman–Crippen MR) is 85.5 cm³/mol. The number of rotatable bonds is 14. The van der Waals surface area contributed by atoms with E-state index in [-0.39, 0.29) is 0 Å². The second kappa shape index (κ2) is 8.11. The molecule has 126 valence electrons. The van der Waals surface area contributed by atoms with Gasteiger partial charge in [0.1, 0.15) is 0 Å². The molecule has 0 spiro atoms. The van der Waals surface area contributed by atoms with E-state index in [2.05, 4.69) is 19.1 Å². The molecule has 0 aromatic rings. The smallest absolute Gasteiger partial charge is 0.370 e. The average Bonchev–Trinajstić information content (AvgIpc) is 3.31. The monoisotopic (exact) mass is 310 g/mol. The van der Waals surface area contributed by atoms with Crippen LogP contribution in [0.2, 0.25) is 0 Å². The van der Waals surface area contributed by atoms with Crippen LogP contribution in [0.1, 0.15) is 84.0 Å². The van der Waals surface area contributed by atoms with Crippen molar-refractivity contribution < 1.29 is 19.4 Å². The van der Waals surface area contributed by atoms with E-state index in [0.29, 0.717) is 6.42 Å². The first-order valence-electron chi connectivity index (χ1n) is 8.95. The summed E-state index contributed by atoms with van der Waals surface area (Å²) < 4.78 is 10.2. The Morgan fingerprint density at radius 1 is 0.909 bits per heavy atom. The maximum atomic E-state index is 10.8. The fourth-order valence-electron chi connectivity index (χ4n) is 3.01. The molecule has 2 rings (SSSR count). The van der Waals surface area contributed by atoms with Gasteiger partial charge in [-0.3, -0.25) is 9.47 Å². The van der Waals surface area contributed by atoms with Crippen LogP contribution in [0.15, 0.2) is 12.2 Å². The van der Waals surface area contributed by atoms with Gasteiger partial charge in [0.25, 0.3) is 0 Å². The minimum Gasteiger partial charge on any atom is -0.477 e. The van der Waals surface area contributed by atoms with Gasteiger partial charge >= 0.3 is 11.8 Å². The van der Waals surface area contributed by atoms with Gasteiger partial charge < -0.3 is 5.11 Å². The van der Waals surface area contributed by atoms with Crippen LogP contribution in [-0.4, -0.2) is 22.7 Å². The van der Waals surface area contributed by atoms with Gasteiger partial charge in [0.05, 0.1) is 0 Å². The summed E-state index contributed by atoms with van der Waals surface area (Å²) in [7, 11) is 0. The second-order valence-electron chi connectivity index (χ2n) is 6.51. The molecule has 0 atom stereocenters. The summed E-state index contributed by atoms with van der Waals surface area (Å²) in [6.07, 6.45) is 19.0. The fourth-order valence-corrected chi connectivity index (χ4v) is 3.01. The Hall–Kier alpha value is -0.870. The van der Waals surface area contributed by atoms with Crippen molar-refractivity contribution in [1.82, 2.24) is 0 Å². The standard InChI is InChI=1S/C18H30O4/c1-2-3-4-5-6-7-8-9-10-11-12-13-14-15-17-18(21-17,22-17)16(19)20/h9-10H,2-8,11-15H2,1H3,(H,19,20). The molecule has 4 heteroatoms. The molecule has 0 radical (unpaired) electrons. The third kappa shape index (κ3) is 4.32. The van der Waals surface area contributed by atoms with Gasteiger partial charge in [-0.2, -0.15) is 0 Å². The third-order valence-corrected chi connectivity index (χ3v) is 4.58. The van der Waals surface area contributed by atoms with E-state index in [0.717, 1.165) is 25.7 Å². The number of unbranched alkanes of at least 4 members (excludes halogenated alkanes) is 9. The number of epoxide rings is 2. The molecule has 2 saturated heterocycles. The number of carboxylic acids is 1. The average molecular weight is 310 g/mol. The van der Waals surface area contributed by atoms with Gasteiger partial charge in [-0.25, -0.2) is 4.79 Å². The summed E-state index contributed by atoms with van der Waals surface area (Å²) in [4.78, 5) is 10.8. The predicted octanol–water partition coefficient (Wildman–Crippen LogP) is 4.78. The summed E-state index contributed by atoms with van der Waals surface area (Å²) in [6.45, 7) is 2.25. The lowest BCUT2D eigenvalue weighted by molar-refractivity contribution is -0.166. The van der Waals surface area contributed by atoms with Gasteiger partial charge in [0, 0.05) is 6.42 Å². The van der Waals surface area contributed by atoms with E-state index >= 15 is 0 Å². The zero-order valence-corrected chi connectivity index (χ0v) is 13.8. The molecule has 0 amide bonds.